The number of aromatic nitrogens is 2. The number of hydrogen-bond donors (Lipinski definition) is 1. The maximum atomic E-state index is 5.80. The molecule has 0 aliphatic heterocycles. The first-order valence-electron chi connectivity index (χ1n) is 4.54. The highest BCUT2D eigenvalue weighted by atomic mass is 35.5. The van der Waals surface area contributed by atoms with Crippen molar-refractivity contribution in [2.24, 2.45) is 0 Å². The van der Waals surface area contributed by atoms with Crippen molar-refractivity contribution in [1.29, 1.82) is 0 Å². The number of thiophene rings is 1. The van der Waals surface area contributed by atoms with Crippen LogP contribution in [-0.4, -0.2) is 16.7 Å². The molecule has 0 aliphatic rings. The lowest BCUT2D eigenvalue weighted by Crippen LogP contribution is -2.16. The summed E-state index contributed by atoms with van der Waals surface area (Å²) in [6.45, 7) is 1.64. The van der Waals surface area contributed by atoms with E-state index >= 15 is 0 Å². The van der Waals surface area contributed by atoms with Gasteiger partial charge < -0.3 is 9.84 Å². The van der Waals surface area contributed by atoms with Crippen LogP contribution in [0.2, 0.25) is 5.02 Å². The van der Waals surface area contributed by atoms with Gasteiger partial charge in [0.15, 0.2) is 6.33 Å². The molecule has 0 amide bonds. The number of halogens is 1. The average Bonchev–Trinajstić information content (AvgIpc) is 2.84. The summed E-state index contributed by atoms with van der Waals surface area (Å²) < 4.78 is 4.87. The van der Waals surface area contributed by atoms with Gasteiger partial charge in [-0.3, -0.25) is 0 Å². The molecule has 80 valence electrons. The topological polar surface area (TPSA) is 51.0 Å². The third-order valence-corrected chi connectivity index (χ3v) is 3.13. The lowest BCUT2D eigenvalue weighted by atomic mass is 10.4. The van der Waals surface area contributed by atoms with E-state index in [1.165, 1.54) is 11.2 Å². The second kappa shape index (κ2) is 5.25. The van der Waals surface area contributed by atoms with E-state index in [9.17, 15) is 0 Å². The van der Waals surface area contributed by atoms with E-state index in [0.717, 1.165) is 24.5 Å². The van der Waals surface area contributed by atoms with E-state index < -0.39 is 0 Å². The van der Waals surface area contributed by atoms with Crippen LogP contribution in [0.3, 0.4) is 0 Å². The normalized spacial score (nSPS) is 10.7. The predicted molar refractivity (Wildman–Crippen MR) is 59.0 cm³/mol. The van der Waals surface area contributed by atoms with Gasteiger partial charge in [0.2, 0.25) is 5.89 Å². The summed E-state index contributed by atoms with van der Waals surface area (Å²) in [5, 5.41) is 9.54. The van der Waals surface area contributed by atoms with Crippen molar-refractivity contribution in [3.05, 3.63) is 33.6 Å². The minimum Gasteiger partial charge on any atom is -0.340 e. The second-order valence-electron chi connectivity index (χ2n) is 2.99. The van der Waals surface area contributed by atoms with Crippen molar-refractivity contribution in [3.63, 3.8) is 0 Å². The molecule has 0 spiro atoms. The first-order chi connectivity index (χ1) is 7.34. The molecule has 0 radical (unpaired) electrons. The summed E-state index contributed by atoms with van der Waals surface area (Å²) in [7, 11) is 0. The Morgan fingerprint density at radius 3 is 3.13 bits per heavy atom. The highest BCUT2D eigenvalue weighted by Crippen LogP contribution is 2.18. The maximum absolute atomic E-state index is 5.80. The van der Waals surface area contributed by atoms with Crippen LogP contribution >= 0.6 is 22.9 Å². The van der Waals surface area contributed by atoms with Gasteiger partial charge >= 0.3 is 0 Å². The fraction of sp³-hybridized carbons (Fsp3) is 0.333. The van der Waals surface area contributed by atoms with Gasteiger partial charge in [-0.25, -0.2) is 0 Å². The molecule has 0 unspecified atom stereocenters. The Labute approximate surface area is 96.3 Å². The van der Waals surface area contributed by atoms with Crippen molar-refractivity contribution >= 4 is 22.9 Å². The smallest absolute Gasteiger partial charge is 0.227 e. The summed E-state index contributed by atoms with van der Waals surface area (Å²) in [6, 6.07) is 1.96. The van der Waals surface area contributed by atoms with Crippen LogP contribution in [0, 0.1) is 0 Å². The van der Waals surface area contributed by atoms with Gasteiger partial charge in [-0.05, 0) is 6.07 Å². The SMILES string of the molecule is Clc1csc(CNCCc2ncno2)c1. The molecule has 6 heteroatoms. The number of nitrogens with zero attached hydrogens (tertiary/aromatic N) is 2. The Kier molecular flexibility index (Phi) is 3.71. The van der Waals surface area contributed by atoms with Crippen molar-refractivity contribution in [3.8, 4) is 0 Å². The highest BCUT2D eigenvalue weighted by molar-refractivity contribution is 7.10. The number of rotatable bonds is 5. The molecule has 0 bridgehead atoms. The fourth-order valence-electron chi connectivity index (χ4n) is 1.16. The van der Waals surface area contributed by atoms with Crippen molar-refractivity contribution in [2.75, 3.05) is 6.54 Å². The first kappa shape index (κ1) is 10.6. The first-order valence-corrected chi connectivity index (χ1v) is 5.79. The van der Waals surface area contributed by atoms with Gasteiger partial charge in [-0.2, -0.15) is 4.98 Å². The molecule has 4 nitrogen and oxygen atoms in total. The maximum Gasteiger partial charge on any atom is 0.227 e. The molecule has 1 N–H and O–H groups in total. The molecule has 0 atom stereocenters. The van der Waals surface area contributed by atoms with E-state index in [0.29, 0.717) is 5.89 Å². The molecular weight excluding hydrogens is 234 g/mol. The van der Waals surface area contributed by atoms with E-state index in [1.54, 1.807) is 11.3 Å². The quantitative estimate of drug-likeness (QED) is 0.818. The summed E-state index contributed by atoms with van der Waals surface area (Å²) >= 11 is 7.46. The van der Waals surface area contributed by atoms with Crippen LogP contribution in [0.25, 0.3) is 0 Å². The van der Waals surface area contributed by atoms with Crippen LogP contribution in [0.5, 0.6) is 0 Å². The number of hydrogen-bond acceptors (Lipinski definition) is 5. The van der Waals surface area contributed by atoms with Gasteiger partial charge in [0, 0.05) is 29.8 Å². The molecule has 0 saturated heterocycles. The van der Waals surface area contributed by atoms with Crippen LogP contribution in [0.4, 0.5) is 0 Å². The fourth-order valence-corrected chi connectivity index (χ4v) is 2.20. The van der Waals surface area contributed by atoms with Gasteiger partial charge in [0.25, 0.3) is 0 Å². The Balaban J connectivity index is 1.67. The summed E-state index contributed by atoms with van der Waals surface area (Å²) in [4.78, 5) is 5.16. The van der Waals surface area contributed by atoms with E-state index in [1.807, 2.05) is 11.4 Å². The number of nitrogens with one attached hydrogen (secondary N) is 1. The van der Waals surface area contributed by atoms with Gasteiger partial charge in [-0.1, -0.05) is 16.8 Å². The van der Waals surface area contributed by atoms with Crippen LogP contribution in [-0.2, 0) is 13.0 Å². The van der Waals surface area contributed by atoms with E-state index in [4.69, 9.17) is 16.1 Å². The molecule has 2 aromatic heterocycles. The van der Waals surface area contributed by atoms with Crippen LogP contribution < -0.4 is 5.32 Å². The molecule has 0 aromatic carbocycles. The van der Waals surface area contributed by atoms with Gasteiger partial charge in [0.1, 0.15) is 0 Å². The molecular formula is C9H10ClN3OS. The highest BCUT2D eigenvalue weighted by Gasteiger charge is 1.99. The molecule has 0 saturated carbocycles. The van der Waals surface area contributed by atoms with Crippen molar-refractivity contribution < 1.29 is 4.52 Å². The monoisotopic (exact) mass is 243 g/mol. The zero-order chi connectivity index (χ0) is 10.5. The summed E-state index contributed by atoms with van der Waals surface area (Å²) in [5.74, 6) is 0.659. The van der Waals surface area contributed by atoms with Gasteiger partial charge in [-0.15, -0.1) is 11.3 Å². The zero-order valence-corrected chi connectivity index (χ0v) is 9.51. The van der Waals surface area contributed by atoms with Gasteiger partial charge in [0.05, 0.1) is 5.02 Å². The molecule has 15 heavy (non-hydrogen) atoms. The molecule has 0 fully saturated rings. The van der Waals surface area contributed by atoms with E-state index in [2.05, 4.69) is 15.5 Å². The van der Waals surface area contributed by atoms with Crippen LogP contribution in [0.1, 0.15) is 10.8 Å². The summed E-state index contributed by atoms with van der Waals surface area (Å²) in [6.07, 6.45) is 2.16. The molecule has 2 aromatic rings. The standard InChI is InChI=1S/C9H10ClN3OS/c10-7-3-8(15-5-7)4-11-2-1-9-12-6-13-14-9/h3,5-6,11H,1-2,4H2. The Hall–Kier alpha value is -0.910. The third kappa shape index (κ3) is 3.30. The Bertz CT molecular complexity index is 401. The third-order valence-electron chi connectivity index (χ3n) is 1.84. The van der Waals surface area contributed by atoms with Crippen LogP contribution in [0.15, 0.2) is 22.3 Å². The summed E-state index contributed by atoms with van der Waals surface area (Å²) in [5.41, 5.74) is 0. The zero-order valence-electron chi connectivity index (χ0n) is 7.94. The largest absolute Gasteiger partial charge is 0.340 e. The minimum absolute atomic E-state index is 0.659. The predicted octanol–water partition coefficient (Wildman–Crippen LogP) is 2.12. The molecule has 2 heterocycles. The molecule has 2 rings (SSSR count). The molecule has 0 aliphatic carbocycles. The lowest BCUT2D eigenvalue weighted by molar-refractivity contribution is 0.375. The second-order valence-corrected chi connectivity index (χ2v) is 4.43. The Morgan fingerprint density at radius 1 is 1.53 bits per heavy atom. The van der Waals surface area contributed by atoms with Crippen molar-refractivity contribution in [2.45, 2.75) is 13.0 Å². The lowest BCUT2D eigenvalue weighted by Gasteiger charge is -1.99. The average molecular weight is 244 g/mol. The van der Waals surface area contributed by atoms with E-state index in [-0.39, 0.29) is 0 Å². The Morgan fingerprint density at radius 2 is 2.47 bits per heavy atom. The minimum atomic E-state index is 0.659. The van der Waals surface area contributed by atoms with Crippen molar-refractivity contribution in [1.82, 2.24) is 15.5 Å².